The summed E-state index contributed by atoms with van der Waals surface area (Å²) >= 11 is 0. The Bertz CT molecular complexity index is 496. The van der Waals surface area contributed by atoms with E-state index < -0.39 is 43.0 Å². The highest BCUT2D eigenvalue weighted by molar-refractivity contribution is 6.94. The highest BCUT2D eigenvalue weighted by Gasteiger charge is 2.56. The molecule has 0 N–H and O–H groups in total. The molecule has 1 aliphatic heterocycles. The van der Waals surface area contributed by atoms with Gasteiger partial charge in [-0.1, -0.05) is 13.8 Å². The van der Waals surface area contributed by atoms with Crippen LogP contribution in [-0.2, 0) is 34.5 Å². The molecule has 0 bridgehead atoms. The second-order valence-electron chi connectivity index (χ2n) is 8.54. The van der Waals surface area contributed by atoms with Crippen LogP contribution in [0.1, 0.15) is 20.3 Å². The Morgan fingerprint density at radius 1 is 0.633 bits per heavy atom. The fourth-order valence-electron chi connectivity index (χ4n) is 3.88. The van der Waals surface area contributed by atoms with E-state index in [0.29, 0.717) is 18.7 Å². The summed E-state index contributed by atoms with van der Waals surface area (Å²) < 4.78 is 49.6. The van der Waals surface area contributed by atoms with Crippen molar-refractivity contribution in [3.8, 4) is 0 Å². The third-order valence-corrected chi connectivity index (χ3v) is 27.8. The number of ether oxygens (including phenoxy) is 1. The Labute approximate surface area is 189 Å². The van der Waals surface area contributed by atoms with E-state index in [9.17, 15) is 0 Å². The predicted octanol–water partition coefficient (Wildman–Crippen LogP) is 4.31. The van der Waals surface area contributed by atoms with Crippen LogP contribution in [-0.4, -0.2) is 78.1 Å². The lowest BCUT2D eigenvalue weighted by Crippen LogP contribution is -2.67. The minimum absolute atomic E-state index is 0.643. The maximum Gasteiger partial charge on any atom is 0.500 e. The molecule has 0 aliphatic carbocycles. The smallest absolute Gasteiger partial charge is 0.416 e. The molecular formula is C17H44O8Si5. The molecular weight excluding hydrogens is 473 g/mol. The summed E-state index contributed by atoms with van der Waals surface area (Å²) in [5, 5.41) is 0. The molecule has 0 saturated carbocycles. The van der Waals surface area contributed by atoms with Crippen LogP contribution < -0.4 is 0 Å². The van der Waals surface area contributed by atoms with Crippen molar-refractivity contribution in [2.75, 3.05) is 35.0 Å². The normalized spacial score (nSPS) is 35.8. The van der Waals surface area contributed by atoms with Crippen molar-refractivity contribution in [2.45, 2.75) is 76.7 Å². The van der Waals surface area contributed by atoms with E-state index in [1.165, 1.54) is 0 Å². The molecule has 0 aromatic rings. The van der Waals surface area contributed by atoms with Gasteiger partial charge in [-0.25, -0.2) is 0 Å². The van der Waals surface area contributed by atoms with Gasteiger partial charge in [0, 0.05) is 41.1 Å². The van der Waals surface area contributed by atoms with E-state index in [2.05, 4.69) is 40.0 Å². The quantitative estimate of drug-likeness (QED) is 0.281. The van der Waals surface area contributed by atoms with Crippen molar-refractivity contribution >= 4 is 43.0 Å². The fraction of sp³-hybridized carbons (Fsp3) is 1.00. The van der Waals surface area contributed by atoms with E-state index in [4.69, 9.17) is 34.5 Å². The van der Waals surface area contributed by atoms with E-state index in [1.54, 1.807) is 28.4 Å². The van der Waals surface area contributed by atoms with Gasteiger partial charge in [-0.15, -0.1) is 0 Å². The molecule has 0 amide bonds. The molecule has 0 radical (unpaired) electrons. The van der Waals surface area contributed by atoms with Gasteiger partial charge >= 0.3 is 43.0 Å². The highest BCUT2D eigenvalue weighted by atomic mass is 28.5. The van der Waals surface area contributed by atoms with E-state index in [1.807, 2.05) is 0 Å². The molecule has 1 fully saturated rings. The average molecular weight is 517 g/mol. The van der Waals surface area contributed by atoms with Crippen LogP contribution in [0.5, 0.6) is 0 Å². The van der Waals surface area contributed by atoms with E-state index in [0.717, 1.165) is 24.6 Å². The topological polar surface area (TPSA) is 73.8 Å². The summed E-state index contributed by atoms with van der Waals surface area (Å²) in [6.07, 6.45) is 0.917. The first-order valence-corrected chi connectivity index (χ1v) is 22.9. The lowest BCUT2D eigenvalue weighted by Gasteiger charge is -2.50. The molecule has 1 heterocycles. The minimum atomic E-state index is -2.72. The molecule has 180 valence electrons. The van der Waals surface area contributed by atoms with Crippen LogP contribution in [0.25, 0.3) is 0 Å². The Hall–Kier alpha value is 0.764. The summed E-state index contributed by atoms with van der Waals surface area (Å²) in [6, 6.07) is 3.94. The number of hydrogen-bond acceptors (Lipinski definition) is 8. The van der Waals surface area contributed by atoms with Crippen LogP contribution in [0.4, 0.5) is 0 Å². The van der Waals surface area contributed by atoms with Crippen molar-refractivity contribution in [3.63, 3.8) is 0 Å². The van der Waals surface area contributed by atoms with Gasteiger partial charge in [-0.3, -0.25) is 0 Å². The van der Waals surface area contributed by atoms with E-state index >= 15 is 0 Å². The lowest BCUT2D eigenvalue weighted by molar-refractivity contribution is 0.124. The zero-order valence-corrected chi connectivity index (χ0v) is 25.7. The van der Waals surface area contributed by atoms with Gasteiger partial charge in [0.2, 0.25) is 0 Å². The van der Waals surface area contributed by atoms with Crippen molar-refractivity contribution in [1.29, 1.82) is 0 Å². The van der Waals surface area contributed by atoms with Gasteiger partial charge in [-0.05, 0) is 56.8 Å². The zero-order valence-electron chi connectivity index (χ0n) is 20.7. The Balaban J connectivity index is 3.18. The van der Waals surface area contributed by atoms with Gasteiger partial charge < -0.3 is 34.5 Å². The van der Waals surface area contributed by atoms with Gasteiger partial charge in [0.15, 0.2) is 0 Å². The molecule has 8 nitrogen and oxygen atoms in total. The monoisotopic (exact) mass is 516 g/mol. The van der Waals surface area contributed by atoms with Crippen LogP contribution in [0.3, 0.4) is 0 Å². The number of rotatable bonds is 12. The summed E-state index contributed by atoms with van der Waals surface area (Å²) in [5.74, 6) is 0. The minimum Gasteiger partial charge on any atom is -0.416 e. The molecule has 30 heavy (non-hydrogen) atoms. The summed E-state index contributed by atoms with van der Waals surface area (Å²) in [4.78, 5) is 0. The van der Waals surface area contributed by atoms with Crippen molar-refractivity contribution in [1.82, 2.24) is 0 Å². The molecule has 0 spiro atoms. The standard InChI is InChI=1S/C17H44O8Si5/c1-11-26(7)22-28(9,15-13-14-18-3)23-27(8,12-2)25-29(10,24-26)16-17-30(19-4,20-5)21-6/h11-17H2,1-10H3. The average Bonchev–Trinajstić information content (AvgIpc) is 2.68. The van der Waals surface area contributed by atoms with Crippen LogP contribution >= 0.6 is 0 Å². The first-order valence-electron chi connectivity index (χ1n) is 10.8. The van der Waals surface area contributed by atoms with Crippen LogP contribution in [0.2, 0.25) is 56.4 Å². The highest BCUT2D eigenvalue weighted by Crippen LogP contribution is 2.38. The molecule has 2 atom stereocenters. The van der Waals surface area contributed by atoms with Gasteiger partial charge in [-0.2, -0.15) is 0 Å². The van der Waals surface area contributed by atoms with Crippen LogP contribution in [0, 0.1) is 0 Å². The predicted molar refractivity (Wildman–Crippen MR) is 129 cm³/mol. The summed E-state index contributed by atoms with van der Waals surface area (Å²) in [6.45, 7) is 13.6. The Morgan fingerprint density at radius 3 is 1.37 bits per heavy atom. The first kappa shape index (κ1) is 28.8. The third kappa shape index (κ3) is 7.96. The Morgan fingerprint density at radius 2 is 1.03 bits per heavy atom. The second-order valence-corrected chi connectivity index (χ2v) is 26.4. The van der Waals surface area contributed by atoms with Crippen molar-refractivity contribution in [3.05, 3.63) is 0 Å². The second kappa shape index (κ2) is 11.8. The van der Waals surface area contributed by atoms with Crippen molar-refractivity contribution < 1.29 is 34.5 Å². The molecule has 2 unspecified atom stereocenters. The first-order chi connectivity index (χ1) is 13.9. The zero-order chi connectivity index (χ0) is 23.1. The summed E-state index contributed by atoms with van der Waals surface area (Å²) in [7, 11) is -6.11. The molecule has 0 aromatic heterocycles. The van der Waals surface area contributed by atoms with Crippen molar-refractivity contribution in [2.24, 2.45) is 0 Å². The maximum atomic E-state index is 6.89. The molecule has 0 aromatic carbocycles. The van der Waals surface area contributed by atoms with Gasteiger partial charge in [0.25, 0.3) is 0 Å². The number of methoxy groups -OCH3 is 1. The Kier molecular flexibility index (Phi) is 11.3. The SMILES string of the molecule is CC[Si]1(C)O[Si](C)(CCCOC)O[Si](C)(CC)O[Si](C)(CC[Si](OC)(OC)OC)O1. The summed E-state index contributed by atoms with van der Waals surface area (Å²) in [5.41, 5.74) is 0. The van der Waals surface area contributed by atoms with Gasteiger partial charge in [0.1, 0.15) is 0 Å². The fourth-order valence-corrected chi connectivity index (χ4v) is 29.5. The molecule has 1 rings (SSSR count). The molecule has 13 heteroatoms. The number of hydrogen-bond donors (Lipinski definition) is 0. The third-order valence-electron chi connectivity index (χ3n) is 5.81. The maximum absolute atomic E-state index is 6.89. The molecule has 1 aliphatic rings. The van der Waals surface area contributed by atoms with Crippen LogP contribution in [0.15, 0.2) is 0 Å². The molecule has 1 saturated heterocycles. The van der Waals surface area contributed by atoms with E-state index in [-0.39, 0.29) is 0 Å². The largest absolute Gasteiger partial charge is 0.500 e. The van der Waals surface area contributed by atoms with Gasteiger partial charge in [0.05, 0.1) is 0 Å². The lowest BCUT2D eigenvalue weighted by atomic mass is 10.5.